The van der Waals surface area contributed by atoms with Crippen LogP contribution in [0.5, 0.6) is 0 Å². The fourth-order valence-corrected chi connectivity index (χ4v) is 3.13. The number of hydrogen-bond donors (Lipinski definition) is 2. The van der Waals surface area contributed by atoms with Crippen LogP contribution in [0, 0.1) is 0 Å². The quantitative estimate of drug-likeness (QED) is 0.829. The smallest absolute Gasteiger partial charge is 0.319 e. The molecule has 0 atom stereocenters. The summed E-state index contributed by atoms with van der Waals surface area (Å²) in [5.74, 6) is -0.116. The fraction of sp³-hybridized carbons (Fsp3) is 0.278. The number of carbonyl (C=O) groups excluding carboxylic acids is 1. The normalized spacial score (nSPS) is 11.0. The number of anilines is 2. The van der Waals surface area contributed by atoms with E-state index in [-0.39, 0.29) is 11.8 Å². The zero-order chi connectivity index (χ0) is 18.4. The summed E-state index contributed by atoms with van der Waals surface area (Å²) in [5, 5.41) is 5.48. The lowest BCUT2D eigenvalue weighted by atomic mass is 10.2. The molecule has 0 aromatic heterocycles. The average Bonchev–Trinajstić information content (AvgIpc) is 2.54. The van der Waals surface area contributed by atoms with Crippen LogP contribution in [0.1, 0.15) is 11.1 Å². The lowest BCUT2D eigenvalue weighted by Crippen LogP contribution is -2.28. The first-order valence-electron chi connectivity index (χ1n) is 7.81. The van der Waals surface area contributed by atoms with Gasteiger partial charge in [-0.05, 0) is 29.3 Å². The minimum absolute atomic E-state index is 0.116. The predicted octanol–water partition coefficient (Wildman–Crippen LogP) is 2.62. The Kier molecular flexibility index (Phi) is 6.03. The van der Waals surface area contributed by atoms with Crippen LogP contribution in [0.2, 0.25) is 0 Å². The van der Waals surface area contributed by atoms with Gasteiger partial charge >= 0.3 is 6.03 Å². The number of sulfone groups is 1. The van der Waals surface area contributed by atoms with Crippen molar-refractivity contribution >= 4 is 27.2 Å². The van der Waals surface area contributed by atoms with Crippen LogP contribution in [0.25, 0.3) is 0 Å². The Morgan fingerprint density at radius 2 is 1.68 bits per heavy atom. The summed E-state index contributed by atoms with van der Waals surface area (Å²) in [6.07, 6.45) is 1.17. The number of benzene rings is 2. The van der Waals surface area contributed by atoms with Gasteiger partial charge in [-0.1, -0.05) is 30.3 Å². The molecule has 0 saturated carbocycles. The van der Waals surface area contributed by atoms with Crippen LogP contribution in [0.3, 0.4) is 0 Å². The monoisotopic (exact) mass is 361 g/mol. The van der Waals surface area contributed by atoms with Crippen molar-refractivity contribution in [2.24, 2.45) is 0 Å². The molecule has 0 heterocycles. The number of para-hydroxylation sites is 1. The molecule has 0 fully saturated rings. The molecule has 2 rings (SSSR count). The van der Waals surface area contributed by atoms with Gasteiger partial charge in [-0.3, -0.25) is 0 Å². The summed E-state index contributed by atoms with van der Waals surface area (Å²) in [5.41, 5.74) is 3.12. The molecular formula is C18H23N3O3S. The van der Waals surface area contributed by atoms with E-state index in [2.05, 4.69) is 10.6 Å². The summed E-state index contributed by atoms with van der Waals surface area (Å²) in [6.45, 7) is 0.383. The zero-order valence-electron chi connectivity index (χ0n) is 14.6. The Balaban J connectivity index is 1.96. The molecule has 0 aliphatic carbocycles. The molecular weight excluding hydrogens is 338 g/mol. The number of hydrogen-bond acceptors (Lipinski definition) is 4. The Morgan fingerprint density at radius 3 is 2.28 bits per heavy atom. The van der Waals surface area contributed by atoms with Crippen LogP contribution in [-0.4, -0.2) is 34.8 Å². The summed E-state index contributed by atoms with van der Waals surface area (Å²) in [7, 11) is 0.756. The standard InChI is InChI=1S/C18H23N3O3S/c1-21(2)16-10-8-14(9-11-16)12-19-18(22)20-17-7-5-4-6-15(17)13-25(3,23)24/h4-11H,12-13H2,1-3H3,(H2,19,20,22). The van der Waals surface area contributed by atoms with Crippen LogP contribution < -0.4 is 15.5 Å². The lowest BCUT2D eigenvalue weighted by molar-refractivity contribution is 0.251. The number of urea groups is 1. The van der Waals surface area contributed by atoms with E-state index in [0.717, 1.165) is 11.3 Å². The van der Waals surface area contributed by atoms with E-state index in [1.807, 2.05) is 43.3 Å². The maximum atomic E-state index is 12.1. The highest BCUT2D eigenvalue weighted by Gasteiger charge is 2.11. The SMILES string of the molecule is CN(C)c1ccc(CNC(=O)Nc2ccccc2CS(C)(=O)=O)cc1. The number of nitrogens with one attached hydrogen (secondary N) is 2. The predicted molar refractivity (Wildman–Crippen MR) is 102 cm³/mol. The van der Waals surface area contributed by atoms with Gasteiger partial charge in [0, 0.05) is 38.3 Å². The first-order chi connectivity index (χ1) is 11.7. The molecule has 0 aliphatic rings. The lowest BCUT2D eigenvalue weighted by Gasteiger charge is -2.14. The van der Waals surface area contributed by atoms with Crippen LogP contribution >= 0.6 is 0 Å². The molecule has 2 amide bonds. The third-order valence-corrected chi connectivity index (χ3v) is 4.42. The minimum Gasteiger partial charge on any atom is -0.378 e. The molecule has 0 unspecified atom stereocenters. The van der Waals surface area contributed by atoms with Gasteiger partial charge in [0.25, 0.3) is 0 Å². The Bertz CT molecular complexity index is 831. The van der Waals surface area contributed by atoms with Crippen LogP contribution in [0.4, 0.5) is 16.2 Å². The van der Waals surface area contributed by atoms with Gasteiger partial charge in [-0.25, -0.2) is 13.2 Å². The van der Waals surface area contributed by atoms with E-state index in [1.54, 1.807) is 24.3 Å². The fourth-order valence-electron chi connectivity index (χ4n) is 2.31. The van der Waals surface area contributed by atoms with E-state index in [4.69, 9.17) is 0 Å². The highest BCUT2D eigenvalue weighted by atomic mass is 32.2. The summed E-state index contributed by atoms with van der Waals surface area (Å²) in [6, 6.07) is 14.4. The first-order valence-corrected chi connectivity index (χ1v) is 9.87. The molecule has 0 aliphatic heterocycles. The second-order valence-corrected chi connectivity index (χ2v) is 8.24. The molecule has 0 saturated heterocycles. The van der Waals surface area contributed by atoms with Crippen molar-refractivity contribution in [2.75, 3.05) is 30.6 Å². The molecule has 25 heavy (non-hydrogen) atoms. The molecule has 6 nitrogen and oxygen atoms in total. The van der Waals surface area contributed by atoms with Crippen molar-refractivity contribution in [1.29, 1.82) is 0 Å². The molecule has 134 valence electrons. The van der Waals surface area contributed by atoms with E-state index in [9.17, 15) is 13.2 Å². The Morgan fingerprint density at radius 1 is 1.04 bits per heavy atom. The van der Waals surface area contributed by atoms with Crippen molar-refractivity contribution in [3.05, 3.63) is 59.7 Å². The van der Waals surface area contributed by atoms with Gasteiger partial charge < -0.3 is 15.5 Å². The minimum atomic E-state index is -3.18. The summed E-state index contributed by atoms with van der Waals surface area (Å²) < 4.78 is 23.0. The van der Waals surface area contributed by atoms with E-state index in [1.165, 1.54) is 6.26 Å². The third kappa shape index (κ3) is 6.11. The number of carbonyl (C=O) groups is 1. The third-order valence-electron chi connectivity index (χ3n) is 3.59. The van der Waals surface area contributed by atoms with Crippen LogP contribution in [0.15, 0.2) is 48.5 Å². The van der Waals surface area contributed by atoms with Crippen molar-refractivity contribution in [3.63, 3.8) is 0 Å². The van der Waals surface area contributed by atoms with Crippen LogP contribution in [-0.2, 0) is 22.1 Å². The van der Waals surface area contributed by atoms with Gasteiger partial charge in [0.05, 0.1) is 5.75 Å². The van der Waals surface area contributed by atoms with Crippen molar-refractivity contribution in [2.45, 2.75) is 12.3 Å². The number of rotatable bonds is 6. The summed E-state index contributed by atoms with van der Waals surface area (Å²) in [4.78, 5) is 14.1. The van der Waals surface area contributed by atoms with Gasteiger partial charge in [0.1, 0.15) is 0 Å². The molecule has 2 aromatic carbocycles. The zero-order valence-corrected chi connectivity index (χ0v) is 15.4. The molecule has 0 spiro atoms. The van der Waals surface area contributed by atoms with Crippen molar-refractivity contribution in [1.82, 2.24) is 5.32 Å². The second-order valence-electron chi connectivity index (χ2n) is 6.10. The highest BCUT2D eigenvalue weighted by molar-refractivity contribution is 7.89. The van der Waals surface area contributed by atoms with Crippen molar-refractivity contribution in [3.8, 4) is 0 Å². The molecule has 2 aromatic rings. The maximum Gasteiger partial charge on any atom is 0.319 e. The Labute approximate surface area is 148 Å². The van der Waals surface area contributed by atoms with E-state index >= 15 is 0 Å². The molecule has 0 radical (unpaired) electrons. The van der Waals surface area contributed by atoms with Crippen molar-refractivity contribution < 1.29 is 13.2 Å². The highest BCUT2D eigenvalue weighted by Crippen LogP contribution is 2.17. The largest absolute Gasteiger partial charge is 0.378 e. The summed E-state index contributed by atoms with van der Waals surface area (Å²) >= 11 is 0. The Hall–Kier alpha value is -2.54. The topological polar surface area (TPSA) is 78.5 Å². The molecule has 7 heteroatoms. The molecule has 2 N–H and O–H groups in total. The van der Waals surface area contributed by atoms with Gasteiger partial charge in [0.2, 0.25) is 0 Å². The van der Waals surface area contributed by atoms with E-state index in [0.29, 0.717) is 17.8 Å². The van der Waals surface area contributed by atoms with Gasteiger partial charge in [0.15, 0.2) is 9.84 Å². The van der Waals surface area contributed by atoms with Gasteiger partial charge in [-0.2, -0.15) is 0 Å². The number of amides is 2. The van der Waals surface area contributed by atoms with Gasteiger partial charge in [-0.15, -0.1) is 0 Å². The second kappa shape index (κ2) is 8.02. The maximum absolute atomic E-state index is 12.1. The first kappa shape index (κ1) is 18.8. The molecule has 0 bridgehead atoms. The average molecular weight is 361 g/mol. The number of nitrogens with zero attached hydrogens (tertiary/aromatic N) is 1. The van der Waals surface area contributed by atoms with E-state index < -0.39 is 9.84 Å².